The summed E-state index contributed by atoms with van der Waals surface area (Å²) in [5.41, 5.74) is 0.532. The predicted octanol–water partition coefficient (Wildman–Crippen LogP) is 2.60. The molecule has 10 heteroatoms. The van der Waals surface area contributed by atoms with Crippen molar-refractivity contribution in [3.05, 3.63) is 29.0 Å². The Morgan fingerprint density at radius 1 is 1.41 bits per heavy atom. The Morgan fingerprint density at radius 3 is 2.73 bits per heavy atom. The minimum atomic E-state index is -4.01. The molecule has 0 radical (unpaired) electrons. The van der Waals surface area contributed by atoms with Crippen molar-refractivity contribution in [1.29, 1.82) is 0 Å². The van der Waals surface area contributed by atoms with Gasteiger partial charge in [0.25, 0.3) is 16.4 Å². The summed E-state index contributed by atoms with van der Waals surface area (Å²) in [4.78, 5) is 7.51. The van der Waals surface area contributed by atoms with Crippen molar-refractivity contribution in [3.63, 3.8) is 0 Å². The standard InChI is InChI=1S/C12H13F2N3O3S2/c1-7-12(21-8(2)16-7)17-22(18,19)9-4-3-5-15-11(9)20-6-10(13)14/h3-5,10,17H,6H2,1-2H3. The number of aromatic nitrogens is 2. The second-order valence-electron chi connectivity index (χ2n) is 4.26. The van der Waals surface area contributed by atoms with Gasteiger partial charge in [0.15, 0.2) is 6.61 Å². The van der Waals surface area contributed by atoms with Gasteiger partial charge in [-0.3, -0.25) is 4.72 Å². The molecule has 0 amide bonds. The summed E-state index contributed by atoms with van der Waals surface area (Å²) in [6.45, 7) is 2.48. The van der Waals surface area contributed by atoms with E-state index in [0.717, 1.165) is 0 Å². The van der Waals surface area contributed by atoms with Crippen molar-refractivity contribution in [1.82, 2.24) is 9.97 Å². The van der Waals surface area contributed by atoms with Crippen molar-refractivity contribution in [2.45, 2.75) is 25.2 Å². The van der Waals surface area contributed by atoms with E-state index in [-0.39, 0.29) is 10.8 Å². The van der Waals surface area contributed by atoms with Crippen molar-refractivity contribution in [3.8, 4) is 5.88 Å². The molecule has 0 aromatic carbocycles. The highest BCUT2D eigenvalue weighted by molar-refractivity contribution is 7.93. The number of nitrogens with one attached hydrogen (secondary N) is 1. The van der Waals surface area contributed by atoms with Crippen LogP contribution in [0.25, 0.3) is 0 Å². The highest BCUT2D eigenvalue weighted by atomic mass is 32.2. The molecule has 0 saturated carbocycles. The maximum absolute atomic E-state index is 12.4. The molecule has 6 nitrogen and oxygen atoms in total. The topological polar surface area (TPSA) is 81.2 Å². The number of sulfonamides is 1. The maximum atomic E-state index is 12.4. The summed E-state index contributed by atoms with van der Waals surface area (Å²) in [7, 11) is -4.01. The molecule has 2 rings (SSSR count). The number of aryl methyl sites for hydroxylation is 2. The van der Waals surface area contributed by atoms with Crippen LogP contribution in [0.5, 0.6) is 5.88 Å². The molecule has 0 bridgehead atoms. The van der Waals surface area contributed by atoms with Gasteiger partial charge in [-0.2, -0.15) is 0 Å². The van der Waals surface area contributed by atoms with Crippen molar-refractivity contribution in [2.24, 2.45) is 0 Å². The maximum Gasteiger partial charge on any atom is 0.272 e. The second-order valence-corrected chi connectivity index (χ2v) is 7.12. The van der Waals surface area contributed by atoms with Gasteiger partial charge < -0.3 is 4.74 Å². The lowest BCUT2D eigenvalue weighted by Gasteiger charge is -2.11. The molecule has 0 aliphatic carbocycles. The lowest BCUT2D eigenvalue weighted by Crippen LogP contribution is -2.16. The molecule has 2 aromatic rings. The van der Waals surface area contributed by atoms with Gasteiger partial charge in [0.2, 0.25) is 5.88 Å². The SMILES string of the molecule is Cc1nc(C)c(NS(=O)(=O)c2cccnc2OCC(F)F)s1. The lowest BCUT2D eigenvalue weighted by atomic mass is 10.5. The van der Waals surface area contributed by atoms with Gasteiger partial charge in [-0.1, -0.05) is 0 Å². The van der Waals surface area contributed by atoms with Crippen LogP contribution in [0.3, 0.4) is 0 Å². The smallest absolute Gasteiger partial charge is 0.272 e. The first-order valence-electron chi connectivity index (χ1n) is 6.12. The van der Waals surface area contributed by atoms with Crippen molar-refractivity contribution in [2.75, 3.05) is 11.3 Å². The molecule has 120 valence electrons. The van der Waals surface area contributed by atoms with E-state index < -0.39 is 23.1 Å². The van der Waals surface area contributed by atoms with Crippen LogP contribution < -0.4 is 9.46 Å². The number of alkyl halides is 2. The van der Waals surface area contributed by atoms with E-state index in [0.29, 0.717) is 15.7 Å². The zero-order valence-corrected chi connectivity index (χ0v) is 13.3. The number of rotatable bonds is 6. The summed E-state index contributed by atoms with van der Waals surface area (Å²) >= 11 is 1.18. The van der Waals surface area contributed by atoms with Crippen LogP contribution in [-0.2, 0) is 10.0 Å². The van der Waals surface area contributed by atoms with Gasteiger partial charge in [0.1, 0.15) is 9.90 Å². The zero-order valence-electron chi connectivity index (χ0n) is 11.7. The van der Waals surface area contributed by atoms with E-state index in [1.54, 1.807) is 13.8 Å². The number of hydrogen-bond acceptors (Lipinski definition) is 6. The normalized spacial score (nSPS) is 11.7. The molecular formula is C12H13F2N3O3S2. The molecule has 22 heavy (non-hydrogen) atoms. The highest BCUT2D eigenvalue weighted by Crippen LogP contribution is 2.28. The van der Waals surface area contributed by atoms with Crippen LogP contribution in [0.2, 0.25) is 0 Å². The van der Waals surface area contributed by atoms with Crippen LogP contribution in [-0.4, -0.2) is 31.4 Å². The quantitative estimate of drug-likeness (QED) is 0.867. The number of nitrogens with zero attached hydrogens (tertiary/aromatic N) is 2. The summed E-state index contributed by atoms with van der Waals surface area (Å²) in [6.07, 6.45) is -1.46. The van der Waals surface area contributed by atoms with E-state index in [1.807, 2.05) is 0 Å². The minimum absolute atomic E-state index is 0.305. The lowest BCUT2D eigenvalue weighted by molar-refractivity contribution is 0.0779. The van der Waals surface area contributed by atoms with E-state index in [4.69, 9.17) is 4.74 Å². The third-order valence-electron chi connectivity index (χ3n) is 2.50. The summed E-state index contributed by atoms with van der Waals surface area (Å²) < 4.78 is 56.4. The van der Waals surface area contributed by atoms with Gasteiger partial charge in [-0.05, 0) is 26.0 Å². The summed E-state index contributed by atoms with van der Waals surface area (Å²) in [5.74, 6) is -0.366. The monoisotopic (exact) mass is 349 g/mol. The van der Waals surface area contributed by atoms with Crippen LogP contribution >= 0.6 is 11.3 Å². The third-order valence-corrected chi connectivity index (χ3v) is 4.98. The third kappa shape index (κ3) is 3.89. The molecule has 0 aliphatic rings. The Bertz CT molecular complexity index is 763. The zero-order chi connectivity index (χ0) is 16.3. The predicted molar refractivity (Wildman–Crippen MR) is 78.1 cm³/mol. The van der Waals surface area contributed by atoms with Crippen LogP contribution in [0.4, 0.5) is 13.8 Å². The average Bonchev–Trinajstić information content (AvgIpc) is 2.74. The molecule has 0 unspecified atom stereocenters. The van der Waals surface area contributed by atoms with Gasteiger partial charge in [-0.25, -0.2) is 27.2 Å². The first-order chi connectivity index (χ1) is 10.3. The highest BCUT2D eigenvalue weighted by Gasteiger charge is 2.23. The van der Waals surface area contributed by atoms with Gasteiger partial charge in [-0.15, -0.1) is 11.3 Å². The van der Waals surface area contributed by atoms with Crippen LogP contribution in [0.1, 0.15) is 10.7 Å². The van der Waals surface area contributed by atoms with Gasteiger partial charge in [0.05, 0.1) is 10.7 Å². The molecule has 0 saturated heterocycles. The first-order valence-corrected chi connectivity index (χ1v) is 8.42. The van der Waals surface area contributed by atoms with Crippen molar-refractivity contribution >= 4 is 26.4 Å². The fourth-order valence-corrected chi connectivity index (χ4v) is 3.90. The Labute approximate surface area is 130 Å². The van der Waals surface area contributed by atoms with E-state index in [2.05, 4.69) is 14.7 Å². The summed E-state index contributed by atoms with van der Waals surface area (Å²) in [5, 5.41) is 1.07. The minimum Gasteiger partial charge on any atom is -0.471 e. The number of pyridine rings is 1. The number of ether oxygens (including phenoxy) is 1. The van der Waals surface area contributed by atoms with Gasteiger partial charge in [0, 0.05) is 6.20 Å². The Balaban J connectivity index is 2.31. The summed E-state index contributed by atoms with van der Waals surface area (Å²) in [6, 6.07) is 2.62. The molecule has 0 atom stereocenters. The van der Waals surface area contributed by atoms with Crippen LogP contribution in [0, 0.1) is 13.8 Å². The molecule has 0 spiro atoms. The first kappa shape index (κ1) is 16.6. The number of anilines is 1. The second kappa shape index (κ2) is 6.53. The van der Waals surface area contributed by atoms with E-state index in [9.17, 15) is 17.2 Å². The largest absolute Gasteiger partial charge is 0.471 e. The van der Waals surface area contributed by atoms with Crippen molar-refractivity contribution < 1.29 is 21.9 Å². The fraction of sp³-hybridized carbons (Fsp3) is 0.333. The molecule has 2 heterocycles. The van der Waals surface area contributed by atoms with Crippen LogP contribution in [0.15, 0.2) is 23.2 Å². The number of halogens is 2. The van der Waals surface area contributed by atoms with E-state index in [1.165, 1.54) is 29.7 Å². The number of hydrogen-bond donors (Lipinski definition) is 1. The molecule has 1 N–H and O–H groups in total. The molecule has 0 aliphatic heterocycles. The molecule has 0 fully saturated rings. The molecular weight excluding hydrogens is 336 g/mol. The Morgan fingerprint density at radius 2 is 2.14 bits per heavy atom. The Hall–Kier alpha value is -1.81. The van der Waals surface area contributed by atoms with Gasteiger partial charge >= 0.3 is 0 Å². The number of thiazole rings is 1. The van der Waals surface area contributed by atoms with E-state index >= 15 is 0 Å². The molecule has 2 aromatic heterocycles. The fourth-order valence-electron chi connectivity index (χ4n) is 1.63. The Kier molecular flexibility index (Phi) is 4.91. The average molecular weight is 349 g/mol.